The van der Waals surface area contributed by atoms with Crippen molar-refractivity contribution in [2.75, 3.05) is 6.67 Å². The molecule has 0 saturated carbocycles. The molecular weight excluding hydrogens is 235 g/mol. The van der Waals surface area contributed by atoms with Crippen molar-refractivity contribution in [2.24, 2.45) is 4.99 Å². The fourth-order valence-corrected chi connectivity index (χ4v) is 2.13. The van der Waals surface area contributed by atoms with E-state index in [-0.39, 0.29) is 5.56 Å². The van der Waals surface area contributed by atoms with Gasteiger partial charge < -0.3 is 0 Å². The number of hydrogen-bond donors (Lipinski definition) is 0. The molecule has 1 atom stereocenters. The fraction of sp³-hybridized carbons (Fsp3) is 0.182. The number of hydrogen-bond acceptors (Lipinski definition) is 2. The SMILES string of the molecule is FC[C@@]1(c2cccc(F)c2F)C=CSC=N1. The Labute approximate surface area is 95.1 Å². The van der Waals surface area contributed by atoms with Crippen LogP contribution in [0.3, 0.4) is 0 Å². The molecule has 1 aliphatic rings. The van der Waals surface area contributed by atoms with E-state index >= 15 is 0 Å². The number of aliphatic imine (C=N–C) groups is 1. The van der Waals surface area contributed by atoms with Gasteiger partial charge in [0.15, 0.2) is 11.6 Å². The second-order valence-electron chi connectivity index (χ2n) is 3.33. The Hall–Kier alpha value is -1.23. The second-order valence-corrected chi connectivity index (χ2v) is 4.09. The van der Waals surface area contributed by atoms with Gasteiger partial charge in [-0.25, -0.2) is 13.2 Å². The molecule has 0 unspecified atom stereocenters. The molecule has 2 rings (SSSR count). The lowest BCUT2D eigenvalue weighted by molar-refractivity contribution is 0.356. The Balaban J connectivity index is 2.56. The van der Waals surface area contributed by atoms with E-state index in [1.54, 1.807) is 5.41 Å². The third-order valence-electron chi connectivity index (χ3n) is 2.39. The second kappa shape index (κ2) is 4.33. The zero-order chi connectivity index (χ0) is 11.6. The minimum atomic E-state index is -1.42. The molecule has 0 N–H and O–H groups in total. The third-order valence-corrected chi connectivity index (χ3v) is 2.91. The predicted octanol–water partition coefficient (Wildman–Crippen LogP) is 3.42. The van der Waals surface area contributed by atoms with Gasteiger partial charge in [-0.05, 0) is 17.6 Å². The van der Waals surface area contributed by atoms with Crippen LogP contribution < -0.4 is 0 Å². The van der Waals surface area contributed by atoms with Crippen LogP contribution in [-0.4, -0.2) is 12.2 Å². The first kappa shape index (κ1) is 11.3. The van der Waals surface area contributed by atoms with Crippen molar-refractivity contribution in [2.45, 2.75) is 5.54 Å². The Morgan fingerprint density at radius 3 is 2.75 bits per heavy atom. The van der Waals surface area contributed by atoms with E-state index in [1.807, 2.05) is 0 Å². The van der Waals surface area contributed by atoms with E-state index in [4.69, 9.17) is 0 Å². The largest absolute Gasteiger partial charge is 0.267 e. The van der Waals surface area contributed by atoms with E-state index in [0.29, 0.717) is 0 Å². The molecule has 5 heteroatoms. The van der Waals surface area contributed by atoms with Crippen LogP contribution in [0.15, 0.2) is 34.7 Å². The first-order valence-corrected chi connectivity index (χ1v) is 5.51. The van der Waals surface area contributed by atoms with Gasteiger partial charge in [0.25, 0.3) is 0 Å². The van der Waals surface area contributed by atoms with E-state index in [1.165, 1.54) is 35.5 Å². The molecule has 1 aliphatic heterocycles. The molecule has 84 valence electrons. The fourth-order valence-electron chi connectivity index (χ4n) is 1.50. The lowest BCUT2D eigenvalue weighted by atomic mass is 9.91. The van der Waals surface area contributed by atoms with Crippen molar-refractivity contribution in [3.63, 3.8) is 0 Å². The van der Waals surface area contributed by atoms with Crippen LogP contribution in [0.4, 0.5) is 13.2 Å². The standard InChI is InChI=1S/C11H8F3NS/c12-6-11(4-5-16-7-15-11)8-2-1-3-9(13)10(8)14/h1-5,7H,6H2/t11-/m1/s1. The van der Waals surface area contributed by atoms with Crippen LogP contribution in [0, 0.1) is 11.6 Å². The number of rotatable bonds is 2. The van der Waals surface area contributed by atoms with Gasteiger partial charge >= 0.3 is 0 Å². The Morgan fingerprint density at radius 2 is 2.12 bits per heavy atom. The first-order valence-electron chi connectivity index (χ1n) is 4.57. The number of thioether (sulfide) groups is 1. The summed E-state index contributed by atoms with van der Waals surface area (Å²) in [6, 6.07) is 3.68. The third kappa shape index (κ3) is 1.75. The molecule has 0 radical (unpaired) electrons. The maximum Gasteiger partial charge on any atom is 0.164 e. The molecule has 0 amide bonds. The summed E-state index contributed by atoms with van der Waals surface area (Å²) in [7, 11) is 0. The van der Waals surface area contributed by atoms with Gasteiger partial charge in [-0.1, -0.05) is 23.9 Å². The van der Waals surface area contributed by atoms with Crippen molar-refractivity contribution in [3.05, 3.63) is 46.9 Å². The van der Waals surface area contributed by atoms with Crippen molar-refractivity contribution in [1.82, 2.24) is 0 Å². The summed E-state index contributed by atoms with van der Waals surface area (Å²) in [4.78, 5) is 3.92. The quantitative estimate of drug-likeness (QED) is 0.775. The molecule has 0 saturated heterocycles. The van der Waals surface area contributed by atoms with Gasteiger partial charge in [-0.3, -0.25) is 4.99 Å². The van der Waals surface area contributed by atoms with Gasteiger partial charge in [0.05, 0.1) is 5.55 Å². The van der Waals surface area contributed by atoms with Crippen molar-refractivity contribution in [1.29, 1.82) is 0 Å². The molecule has 1 aromatic carbocycles. The normalized spacial score (nSPS) is 23.7. The van der Waals surface area contributed by atoms with Gasteiger partial charge in [0.2, 0.25) is 0 Å². The molecule has 1 aromatic rings. The highest BCUT2D eigenvalue weighted by Gasteiger charge is 2.33. The molecule has 0 aliphatic carbocycles. The molecule has 0 fully saturated rings. The average molecular weight is 243 g/mol. The van der Waals surface area contributed by atoms with Crippen molar-refractivity contribution in [3.8, 4) is 0 Å². The van der Waals surface area contributed by atoms with Gasteiger partial charge in [-0.2, -0.15) is 0 Å². The molecule has 0 aromatic heterocycles. The lowest BCUT2D eigenvalue weighted by Gasteiger charge is -2.25. The maximum absolute atomic E-state index is 13.6. The predicted molar refractivity (Wildman–Crippen MR) is 59.2 cm³/mol. The van der Waals surface area contributed by atoms with Crippen LogP contribution in [0.2, 0.25) is 0 Å². The first-order chi connectivity index (χ1) is 7.69. The van der Waals surface area contributed by atoms with E-state index in [2.05, 4.69) is 4.99 Å². The van der Waals surface area contributed by atoms with E-state index < -0.39 is 23.8 Å². The minimum absolute atomic E-state index is 0.0807. The molecule has 0 bridgehead atoms. The number of benzene rings is 1. The van der Waals surface area contributed by atoms with Gasteiger partial charge in [0, 0.05) is 5.56 Å². The Kier molecular flexibility index (Phi) is 3.05. The Bertz CT molecular complexity index is 445. The van der Waals surface area contributed by atoms with Crippen LogP contribution in [0.1, 0.15) is 5.56 Å². The summed E-state index contributed by atoms with van der Waals surface area (Å²) in [5.41, 5.74) is -0.0794. The highest BCUT2D eigenvalue weighted by atomic mass is 32.2. The minimum Gasteiger partial charge on any atom is -0.267 e. The lowest BCUT2D eigenvalue weighted by Crippen LogP contribution is -2.26. The smallest absolute Gasteiger partial charge is 0.164 e. The average Bonchev–Trinajstić information content (AvgIpc) is 2.33. The highest BCUT2D eigenvalue weighted by Crippen LogP contribution is 2.34. The Morgan fingerprint density at radius 1 is 1.31 bits per heavy atom. The van der Waals surface area contributed by atoms with Gasteiger partial charge in [-0.15, -0.1) is 0 Å². The van der Waals surface area contributed by atoms with Crippen LogP contribution in [0.5, 0.6) is 0 Å². The van der Waals surface area contributed by atoms with E-state index in [9.17, 15) is 13.2 Å². The zero-order valence-electron chi connectivity index (χ0n) is 8.16. The summed E-state index contributed by atoms with van der Waals surface area (Å²) >= 11 is 1.26. The van der Waals surface area contributed by atoms with Crippen molar-refractivity contribution >= 4 is 17.3 Å². The number of nitrogens with zero attached hydrogens (tertiary/aromatic N) is 1. The number of halogens is 3. The molecular formula is C11H8F3NS. The topological polar surface area (TPSA) is 12.4 Å². The highest BCUT2D eigenvalue weighted by molar-refractivity contribution is 8.14. The zero-order valence-corrected chi connectivity index (χ0v) is 8.98. The molecule has 1 heterocycles. The summed E-state index contributed by atoms with van der Waals surface area (Å²) in [6.45, 7) is -0.902. The number of alkyl halides is 1. The van der Waals surface area contributed by atoms with E-state index in [0.717, 1.165) is 6.07 Å². The molecule has 16 heavy (non-hydrogen) atoms. The van der Waals surface area contributed by atoms with Crippen LogP contribution in [-0.2, 0) is 5.54 Å². The summed E-state index contributed by atoms with van der Waals surface area (Å²) in [5.74, 6) is -2.04. The van der Waals surface area contributed by atoms with Gasteiger partial charge in [0.1, 0.15) is 12.2 Å². The van der Waals surface area contributed by atoms with Crippen LogP contribution in [0.25, 0.3) is 0 Å². The molecule has 1 nitrogen and oxygen atoms in total. The molecule has 0 spiro atoms. The van der Waals surface area contributed by atoms with Crippen molar-refractivity contribution < 1.29 is 13.2 Å². The monoisotopic (exact) mass is 243 g/mol. The summed E-state index contributed by atoms with van der Waals surface area (Å²) < 4.78 is 39.7. The van der Waals surface area contributed by atoms with Crippen LogP contribution >= 0.6 is 11.8 Å². The maximum atomic E-state index is 13.6. The summed E-state index contributed by atoms with van der Waals surface area (Å²) in [5, 5.41) is 1.61. The summed E-state index contributed by atoms with van der Waals surface area (Å²) in [6.07, 6.45) is 1.44.